The molecule has 0 aromatic heterocycles. The molecule has 0 saturated carbocycles. The van der Waals surface area contributed by atoms with Gasteiger partial charge in [0.05, 0.1) is 0 Å². The van der Waals surface area contributed by atoms with Gasteiger partial charge in [-0.05, 0) is 11.6 Å². The number of nitrogens with two attached hydrogens (primary N) is 1. The smallest absolute Gasteiger partial charge is 0.109 e. The summed E-state index contributed by atoms with van der Waals surface area (Å²) in [5.74, 6) is 0. The monoisotopic (exact) mass is 101 g/mol. The van der Waals surface area contributed by atoms with Crippen molar-refractivity contribution in [3.63, 3.8) is 0 Å². The topological polar surface area (TPSA) is 26.0 Å². The summed E-state index contributed by atoms with van der Waals surface area (Å²) in [5, 5.41) is 5.66. The maximum absolute atomic E-state index is 5.66. The SMILES string of the molecule is CC1CC[SiH]1N. The summed E-state index contributed by atoms with van der Waals surface area (Å²) in [6, 6.07) is 1.39. The molecular formula is C4H11NSi. The van der Waals surface area contributed by atoms with E-state index in [9.17, 15) is 0 Å². The van der Waals surface area contributed by atoms with Crippen LogP contribution in [-0.2, 0) is 0 Å². The molecule has 0 aromatic carbocycles. The van der Waals surface area contributed by atoms with E-state index in [1.807, 2.05) is 0 Å². The molecule has 1 heterocycles. The van der Waals surface area contributed by atoms with Crippen LogP contribution in [0.4, 0.5) is 0 Å². The Morgan fingerprint density at radius 2 is 2.33 bits per heavy atom. The Labute approximate surface area is 40.2 Å². The van der Waals surface area contributed by atoms with Crippen molar-refractivity contribution in [3.05, 3.63) is 0 Å². The Bertz CT molecular complexity index is 47.5. The van der Waals surface area contributed by atoms with Crippen molar-refractivity contribution in [2.45, 2.75) is 24.9 Å². The van der Waals surface area contributed by atoms with E-state index in [1.165, 1.54) is 12.5 Å². The Morgan fingerprint density at radius 1 is 1.83 bits per heavy atom. The zero-order valence-electron chi connectivity index (χ0n) is 4.15. The van der Waals surface area contributed by atoms with Gasteiger partial charge in [-0.15, -0.1) is 0 Å². The van der Waals surface area contributed by atoms with Crippen molar-refractivity contribution in [3.8, 4) is 0 Å². The van der Waals surface area contributed by atoms with E-state index in [0.717, 1.165) is 5.54 Å². The van der Waals surface area contributed by atoms with E-state index >= 15 is 0 Å². The van der Waals surface area contributed by atoms with E-state index in [0.29, 0.717) is 0 Å². The highest BCUT2D eigenvalue weighted by Crippen LogP contribution is 2.27. The van der Waals surface area contributed by atoms with Crippen LogP contribution in [0.15, 0.2) is 0 Å². The van der Waals surface area contributed by atoms with Crippen molar-refractivity contribution in [1.29, 1.82) is 0 Å². The van der Waals surface area contributed by atoms with Crippen LogP contribution < -0.4 is 5.40 Å². The predicted octanol–water partition coefficient (Wildman–Crippen LogP) is 0.463. The van der Waals surface area contributed by atoms with Crippen molar-refractivity contribution in [2.24, 2.45) is 5.40 Å². The first-order chi connectivity index (χ1) is 2.80. The lowest BCUT2D eigenvalue weighted by atomic mass is 10.3. The summed E-state index contributed by atoms with van der Waals surface area (Å²) in [7, 11) is -0.563. The maximum Gasteiger partial charge on any atom is 0.109 e. The zero-order chi connectivity index (χ0) is 4.57. The summed E-state index contributed by atoms with van der Waals surface area (Å²) in [6.07, 6.45) is 1.41. The highest BCUT2D eigenvalue weighted by molar-refractivity contribution is 6.59. The Balaban J connectivity index is 2.20. The van der Waals surface area contributed by atoms with E-state index in [1.54, 1.807) is 0 Å². The van der Waals surface area contributed by atoms with Gasteiger partial charge in [-0.3, -0.25) is 0 Å². The molecule has 1 aliphatic heterocycles. The normalized spacial score (nSPS) is 45.0. The Hall–Kier alpha value is 0.177. The van der Waals surface area contributed by atoms with E-state index in [4.69, 9.17) is 5.40 Å². The molecule has 0 aliphatic carbocycles. The summed E-state index contributed by atoms with van der Waals surface area (Å²) < 4.78 is 0. The first-order valence-corrected chi connectivity index (χ1v) is 4.71. The fourth-order valence-electron chi connectivity index (χ4n) is 0.692. The molecule has 1 rings (SSSR count). The van der Waals surface area contributed by atoms with Crippen LogP contribution in [0.2, 0.25) is 11.6 Å². The number of hydrogen-bond donors (Lipinski definition) is 1. The minimum absolute atomic E-state index is 0.563. The van der Waals surface area contributed by atoms with Gasteiger partial charge in [-0.1, -0.05) is 13.3 Å². The molecular weight excluding hydrogens is 90.1 g/mol. The van der Waals surface area contributed by atoms with Crippen LogP contribution in [0.1, 0.15) is 13.3 Å². The minimum atomic E-state index is -0.563. The lowest BCUT2D eigenvalue weighted by Crippen LogP contribution is -2.38. The molecule has 6 heavy (non-hydrogen) atoms. The van der Waals surface area contributed by atoms with E-state index in [2.05, 4.69) is 6.92 Å². The standard InChI is InChI=1S/C4H11NSi/c1-4-2-3-6(4)5/h4,6H,2-3,5H2,1H3. The summed E-state index contributed by atoms with van der Waals surface area (Å²) in [6.45, 7) is 2.26. The molecule has 36 valence electrons. The van der Waals surface area contributed by atoms with Gasteiger partial charge in [-0.25, -0.2) is 0 Å². The van der Waals surface area contributed by atoms with Crippen molar-refractivity contribution in [1.82, 2.24) is 0 Å². The molecule has 1 nitrogen and oxygen atoms in total. The summed E-state index contributed by atoms with van der Waals surface area (Å²) in [4.78, 5) is 0. The molecule has 1 aliphatic rings. The van der Waals surface area contributed by atoms with Crippen LogP contribution in [0.3, 0.4) is 0 Å². The van der Waals surface area contributed by atoms with Gasteiger partial charge in [-0.2, -0.15) is 0 Å². The van der Waals surface area contributed by atoms with Crippen LogP contribution in [0.5, 0.6) is 0 Å². The molecule has 0 bridgehead atoms. The van der Waals surface area contributed by atoms with Gasteiger partial charge < -0.3 is 5.40 Å². The van der Waals surface area contributed by atoms with Gasteiger partial charge in [0, 0.05) is 0 Å². The second-order valence-electron chi connectivity index (χ2n) is 2.22. The van der Waals surface area contributed by atoms with Gasteiger partial charge in [0.25, 0.3) is 0 Å². The third-order valence-electron chi connectivity index (χ3n) is 1.69. The first-order valence-electron chi connectivity index (χ1n) is 2.56. The molecule has 2 atom stereocenters. The molecule has 1 saturated heterocycles. The molecule has 1 fully saturated rings. The Kier molecular flexibility index (Phi) is 0.977. The Morgan fingerprint density at radius 3 is 2.33 bits per heavy atom. The fourth-order valence-corrected chi connectivity index (χ4v) is 2.08. The highest BCUT2D eigenvalue weighted by atomic mass is 28.3. The van der Waals surface area contributed by atoms with Crippen LogP contribution >= 0.6 is 0 Å². The third-order valence-corrected chi connectivity index (χ3v) is 4.48. The maximum atomic E-state index is 5.66. The molecule has 0 radical (unpaired) electrons. The van der Waals surface area contributed by atoms with Gasteiger partial charge >= 0.3 is 0 Å². The summed E-state index contributed by atoms with van der Waals surface area (Å²) in [5.41, 5.74) is 0.949. The number of hydrogen-bond acceptors (Lipinski definition) is 1. The first kappa shape index (κ1) is 4.34. The second kappa shape index (κ2) is 1.35. The fraction of sp³-hybridized carbons (Fsp3) is 1.00. The minimum Gasteiger partial charge on any atom is -0.353 e. The van der Waals surface area contributed by atoms with Crippen LogP contribution in [0.25, 0.3) is 0 Å². The lowest BCUT2D eigenvalue weighted by Gasteiger charge is -2.27. The van der Waals surface area contributed by atoms with Gasteiger partial charge in [0.1, 0.15) is 8.96 Å². The molecule has 2 heteroatoms. The van der Waals surface area contributed by atoms with Crippen LogP contribution in [-0.4, -0.2) is 8.96 Å². The zero-order valence-corrected chi connectivity index (χ0v) is 5.30. The predicted molar refractivity (Wildman–Crippen MR) is 30.2 cm³/mol. The molecule has 2 N–H and O–H groups in total. The highest BCUT2D eigenvalue weighted by Gasteiger charge is 2.23. The number of rotatable bonds is 0. The average Bonchev–Trinajstić information content (AvgIpc) is 1.61. The second-order valence-corrected chi connectivity index (χ2v) is 5.26. The quantitative estimate of drug-likeness (QED) is 0.441. The molecule has 0 spiro atoms. The van der Waals surface area contributed by atoms with E-state index in [-0.39, 0.29) is 0 Å². The summed E-state index contributed by atoms with van der Waals surface area (Å²) >= 11 is 0. The lowest BCUT2D eigenvalue weighted by molar-refractivity contribution is 0.755. The molecule has 2 unspecified atom stereocenters. The van der Waals surface area contributed by atoms with Crippen molar-refractivity contribution < 1.29 is 0 Å². The average molecular weight is 101 g/mol. The largest absolute Gasteiger partial charge is 0.353 e. The van der Waals surface area contributed by atoms with Gasteiger partial charge in [0.2, 0.25) is 0 Å². The molecule has 0 aromatic rings. The third kappa shape index (κ3) is 0.501. The van der Waals surface area contributed by atoms with Crippen molar-refractivity contribution in [2.75, 3.05) is 0 Å². The van der Waals surface area contributed by atoms with Gasteiger partial charge in [0.15, 0.2) is 0 Å². The van der Waals surface area contributed by atoms with Crippen LogP contribution in [0, 0.1) is 0 Å². The molecule has 0 amide bonds. The van der Waals surface area contributed by atoms with Crippen molar-refractivity contribution >= 4 is 8.96 Å². The van der Waals surface area contributed by atoms with E-state index < -0.39 is 8.96 Å².